The van der Waals surface area contributed by atoms with E-state index in [1.54, 1.807) is 25.2 Å². The monoisotopic (exact) mass is 369 g/mol. The average molecular weight is 370 g/mol. The van der Waals surface area contributed by atoms with E-state index in [1.165, 1.54) is 0 Å². The fourth-order valence-electron chi connectivity index (χ4n) is 2.07. The number of aliphatic hydroxyl groups is 1. The van der Waals surface area contributed by atoms with Crippen LogP contribution in [-0.4, -0.2) is 34.4 Å². The van der Waals surface area contributed by atoms with Crippen LogP contribution in [0.2, 0.25) is 10.0 Å². The van der Waals surface area contributed by atoms with Gasteiger partial charge in [0.1, 0.15) is 11.4 Å². The number of anilines is 2. The first-order valence-corrected chi connectivity index (χ1v) is 7.90. The van der Waals surface area contributed by atoms with Crippen LogP contribution in [0.4, 0.5) is 11.6 Å². The minimum atomic E-state index is -0.401. The number of nitrogens with zero attached hydrogens (tertiary/aromatic N) is 1. The molecule has 128 valence electrons. The van der Waals surface area contributed by atoms with Gasteiger partial charge in [0.15, 0.2) is 0 Å². The lowest BCUT2D eigenvalue weighted by Crippen LogP contribution is -2.22. The molecule has 1 aromatic heterocycles. The van der Waals surface area contributed by atoms with E-state index in [4.69, 9.17) is 33.7 Å². The van der Waals surface area contributed by atoms with Crippen LogP contribution in [0.1, 0.15) is 17.7 Å². The molecule has 0 radical (unpaired) electrons. The molecule has 1 aromatic carbocycles. The molecule has 0 aliphatic rings. The fraction of sp³-hybridized carbons (Fsp3) is 0.267. The first kappa shape index (κ1) is 18.3. The number of halogens is 2. The third-order valence-electron chi connectivity index (χ3n) is 3.26. The molecule has 0 spiro atoms. The zero-order chi connectivity index (χ0) is 17.7. The Hall–Kier alpha value is -2.09. The van der Waals surface area contributed by atoms with E-state index in [9.17, 15) is 4.79 Å². The van der Waals surface area contributed by atoms with Gasteiger partial charge in [-0.05, 0) is 17.7 Å². The van der Waals surface area contributed by atoms with E-state index < -0.39 is 5.56 Å². The zero-order valence-electron chi connectivity index (χ0n) is 12.9. The van der Waals surface area contributed by atoms with Crippen LogP contribution in [0.5, 0.6) is 0 Å². The van der Waals surface area contributed by atoms with Crippen LogP contribution in [0.3, 0.4) is 0 Å². The molecule has 5 N–H and O–H groups in total. The Morgan fingerprint density at radius 2 is 2.12 bits per heavy atom. The molecule has 2 rings (SSSR count). The highest BCUT2D eigenvalue weighted by Crippen LogP contribution is 2.23. The molecule has 0 aliphatic heterocycles. The van der Waals surface area contributed by atoms with Crippen LogP contribution < -0.4 is 16.2 Å². The Balaban J connectivity index is 2.25. The molecule has 0 saturated heterocycles. The molecular formula is C15H17Cl2N5O2. The van der Waals surface area contributed by atoms with Gasteiger partial charge in [0.2, 0.25) is 5.95 Å². The predicted octanol–water partition coefficient (Wildman–Crippen LogP) is 2.48. The number of H-pyrrole nitrogens is 1. The number of nitrogens with one attached hydrogen (secondary N) is 4. The number of aliphatic hydroxyl groups excluding tert-OH is 1. The molecule has 0 unspecified atom stereocenters. The summed E-state index contributed by atoms with van der Waals surface area (Å²) >= 11 is 11.8. The molecule has 0 fully saturated rings. The standard InChI is InChI=1S/C15H17Cl2N5O2/c1-19-13-12(11(18)4-5-23)21-15(22-14(13)24)20-7-8-2-3-9(16)10(17)6-8/h2-3,6,18-19,23H,4-5,7H2,1H3,(H2,20,21,22,24). The summed E-state index contributed by atoms with van der Waals surface area (Å²) < 4.78 is 0. The maximum atomic E-state index is 12.1. The summed E-state index contributed by atoms with van der Waals surface area (Å²) in [5.74, 6) is 0.225. The summed E-state index contributed by atoms with van der Waals surface area (Å²) in [5, 5.41) is 23.5. The summed E-state index contributed by atoms with van der Waals surface area (Å²) in [4.78, 5) is 19.0. The molecule has 1 heterocycles. The van der Waals surface area contributed by atoms with E-state index in [1.807, 2.05) is 0 Å². The Kier molecular flexibility index (Phi) is 6.19. The predicted molar refractivity (Wildman–Crippen MR) is 96.7 cm³/mol. The Morgan fingerprint density at radius 1 is 1.38 bits per heavy atom. The molecule has 0 aliphatic carbocycles. The van der Waals surface area contributed by atoms with E-state index in [-0.39, 0.29) is 36.1 Å². The lowest BCUT2D eigenvalue weighted by Gasteiger charge is -2.12. The first-order valence-electron chi connectivity index (χ1n) is 7.14. The second-order valence-corrected chi connectivity index (χ2v) is 5.76. The smallest absolute Gasteiger partial charge is 0.276 e. The van der Waals surface area contributed by atoms with Crippen molar-refractivity contribution < 1.29 is 5.11 Å². The lowest BCUT2D eigenvalue weighted by molar-refractivity contribution is 0.307. The average Bonchev–Trinajstić information content (AvgIpc) is 2.55. The van der Waals surface area contributed by atoms with E-state index in [0.717, 1.165) is 5.56 Å². The molecule has 0 amide bonds. The summed E-state index contributed by atoms with van der Waals surface area (Å²) in [6.45, 7) is 0.175. The van der Waals surface area contributed by atoms with Gasteiger partial charge < -0.3 is 21.1 Å². The van der Waals surface area contributed by atoms with E-state index >= 15 is 0 Å². The molecule has 2 aromatic rings. The summed E-state index contributed by atoms with van der Waals surface area (Å²) in [7, 11) is 1.57. The van der Waals surface area contributed by atoms with E-state index in [0.29, 0.717) is 16.6 Å². The SMILES string of the molecule is CNc1c(C(=N)CCO)nc(NCc2ccc(Cl)c(Cl)c2)[nH]c1=O. The van der Waals surface area contributed by atoms with Crippen molar-refractivity contribution in [1.82, 2.24) is 9.97 Å². The number of hydrogen-bond acceptors (Lipinski definition) is 6. The second-order valence-electron chi connectivity index (χ2n) is 4.94. The van der Waals surface area contributed by atoms with Crippen molar-refractivity contribution in [2.75, 3.05) is 24.3 Å². The molecule has 0 saturated carbocycles. The summed E-state index contributed by atoms with van der Waals surface area (Å²) in [6.07, 6.45) is 0.108. The Bertz CT molecular complexity index is 807. The molecule has 7 nitrogen and oxygen atoms in total. The fourth-order valence-corrected chi connectivity index (χ4v) is 2.39. The molecular weight excluding hydrogens is 353 g/mol. The maximum Gasteiger partial charge on any atom is 0.276 e. The van der Waals surface area contributed by atoms with Crippen molar-refractivity contribution in [3.05, 3.63) is 49.9 Å². The minimum absolute atomic E-state index is 0.0746. The zero-order valence-corrected chi connectivity index (χ0v) is 14.4. The van der Waals surface area contributed by atoms with Crippen molar-refractivity contribution in [3.63, 3.8) is 0 Å². The van der Waals surface area contributed by atoms with Gasteiger partial charge in [-0.1, -0.05) is 29.3 Å². The van der Waals surface area contributed by atoms with Gasteiger partial charge in [0.05, 0.1) is 15.8 Å². The molecule has 0 atom stereocenters. The largest absolute Gasteiger partial charge is 0.396 e. The highest BCUT2D eigenvalue weighted by molar-refractivity contribution is 6.42. The van der Waals surface area contributed by atoms with Crippen molar-refractivity contribution >= 4 is 40.5 Å². The van der Waals surface area contributed by atoms with Gasteiger partial charge in [-0.15, -0.1) is 0 Å². The van der Waals surface area contributed by atoms with Gasteiger partial charge in [0, 0.05) is 26.6 Å². The highest BCUT2D eigenvalue weighted by Gasteiger charge is 2.14. The van der Waals surface area contributed by atoms with Gasteiger partial charge in [-0.3, -0.25) is 9.78 Å². The first-order chi connectivity index (χ1) is 11.5. The Morgan fingerprint density at radius 3 is 2.75 bits per heavy atom. The van der Waals surface area contributed by atoms with Crippen LogP contribution in [-0.2, 0) is 6.54 Å². The summed E-state index contributed by atoms with van der Waals surface area (Å²) in [6, 6.07) is 5.20. The van der Waals surface area contributed by atoms with Crippen molar-refractivity contribution in [2.45, 2.75) is 13.0 Å². The quantitative estimate of drug-likeness (QED) is 0.481. The van der Waals surface area contributed by atoms with Crippen LogP contribution in [0.25, 0.3) is 0 Å². The summed E-state index contributed by atoms with van der Waals surface area (Å²) in [5.41, 5.74) is 0.921. The Labute approximate surface area is 148 Å². The van der Waals surface area contributed by atoms with Crippen LogP contribution in [0.15, 0.2) is 23.0 Å². The number of aromatic amines is 1. The topological polar surface area (TPSA) is 114 Å². The van der Waals surface area contributed by atoms with Crippen molar-refractivity contribution in [3.8, 4) is 0 Å². The third-order valence-corrected chi connectivity index (χ3v) is 4.00. The van der Waals surface area contributed by atoms with Gasteiger partial charge in [-0.2, -0.15) is 0 Å². The van der Waals surface area contributed by atoms with Gasteiger partial charge >= 0.3 is 0 Å². The normalized spacial score (nSPS) is 10.5. The van der Waals surface area contributed by atoms with Crippen molar-refractivity contribution in [2.24, 2.45) is 0 Å². The second kappa shape index (κ2) is 8.14. The minimum Gasteiger partial charge on any atom is -0.396 e. The lowest BCUT2D eigenvalue weighted by atomic mass is 10.1. The van der Waals surface area contributed by atoms with Crippen molar-refractivity contribution in [1.29, 1.82) is 5.41 Å². The maximum absolute atomic E-state index is 12.1. The van der Waals surface area contributed by atoms with Crippen LogP contribution >= 0.6 is 23.2 Å². The number of rotatable bonds is 7. The number of hydrogen-bond donors (Lipinski definition) is 5. The van der Waals surface area contributed by atoms with E-state index in [2.05, 4.69) is 20.6 Å². The van der Waals surface area contributed by atoms with Gasteiger partial charge in [-0.25, -0.2) is 4.98 Å². The highest BCUT2D eigenvalue weighted by atomic mass is 35.5. The van der Waals surface area contributed by atoms with Gasteiger partial charge in [0.25, 0.3) is 5.56 Å². The number of benzene rings is 1. The molecule has 24 heavy (non-hydrogen) atoms. The third kappa shape index (κ3) is 4.25. The number of aromatic nitrogens is 2. The van der Waals surface area contributed by atoms with Crippen LogP contribution in [0, 0.1) is 5.41 Å². The molecule has 0 bridgehead atoms. The molecule has 9 heteroatoms.